The minimum Gasteiger partial charge on any atom is -0.497 e. The summed E-state index contributed by atoms with van der Waals surface area (Å²) >= 11 is 0. The van der Waals surface area contributed by atoms with Gasteiger partial charge in [-0.05, 0) is 60.7 Å². The maximum atomic E-state index is 12.3. The molecular formula is C19H22N2O3. The van der Waals surface area contributed by atoms with Crippen LogP contribution in [0.25, 0.3) is 0 Å². The molecule has 0 radical (unpaired) electrons. The van der Waals surface area contributed by atoms with E-state index in [9.17, 15) is 4.79 Å². The molecule has 0 bridgehead atoms. The van der Waals surface area contributed by atoms with Gasteiger partial charge in [-0.1, -0.05) is 12.1 Å². The Morgan fingerprint density at radius 2 is 1.50 bits per heavy atom. The first-order valence-corrected chi connectivity index (χ1v) is 8.05. The zero-order valence-electron chi connectivity index (χ0n) is 13.9. The van der Waals surface area contributed by atoms with Crippen molar-refractivity contribution < 1.29 is 14.3 Å². The number of benzene rings is 2. The number of carbonyl (C=O) groups is 1. The van der Waals surface area contributed by atoms with Gasteiger partial charge >= 0.3 is 6.03 Å². The van der Waals surface area contributed by atoms with E-state index in [2.05, 4.69) is 10.6 Å². The summed E-state index contributed by atoms with van der Waals surface area (Å²) in [5.74, 6) is 2.08. The third kappa shape index (κ3) is 3.98. The van der Waals surface area contributed by atoms with Crippen molar-refractivity contribution in [3.05, 3.63) is 54.1 Å². The zero-order chi connectivity index (χ0) is 16.9. The van der Waals surface area contributed by atoms with Crippen LogP contribution in [-0.4, -0.2) is 20.3 Å². The Kier molecular flexibility index (Phi) is 4.89. The Morgan fingerprint density at radius 1 is 0.958 bits per heavy atom. The Balaban J connectivity index is 1.65. The fourth-order valence-corrected chi connectivity index (χ4v) is 2.70. The summed E-state index contributed by atoms with van der Waals surface area (Å²) in [6.45, 7) is 0. The summed E-state index contributed by atoms with van der Waals surface area (Å²) in [5.41, 5.74) is 1.83. The van der Waals surface area contributed by atoms with Gasteiger partial charge in [-0.15, -0.1) is 0 Å². The molecule has 1 aliphatic rings. The van der Waals surface area contributed by atoms with Gasteiger partial charge in [0.2, 0.25) is 0 Å². The highest BCUT2D eigenvalue weighted by Crippen LogP contribution is 2.41. The molecule has 126 valence electrons. The van der Waals surface area contributed by atoms with Gasteiger partial charge in [0.25, 0.3) is 0 Å². The lowest BCUT2D eigenvalue weighted by molar-refractivity contribution is 0.247. The average Bonchev–Trinajstić information content (AvgIpc) is 3.45. The molecule has 1 unspecified atom stereocenters. The van der Waals surface area contributed by atoms with Crippen LogP contribution in [-0.2, 0) is 0 Å². The predicted molar refractivity (Wildman–Crippen MR) is 93.6 cm³/mol. The Hall–Kier alpha value is -2.69. The first-order chi connectivity index (χ1) is 11.7. The maximum absolute atomic E-state index is 12.3. The molecule has 0 aromatic heterocycles. The van der Waals surface area contributed by atoms with Crippen LogP contribution in [0.2, 0.25) is 0 Å². The van der Waals surface area contributed by atoms with Gasteiger partial charge in [0, 0.05) is 5.69 Å². The van der Waals surface area contributed by atoms with Crippen LogP contribution in [0.4, 0.5) is 10.5 Å². The van der Waals surface area contributed by atoms with Crippen molar-refractivity contribution in [1.82, 2.24) is 5.32 Å². The second-order valence-electron chi connectivity index (χ2n) is 5.92. The molecule has 24 heavy (non-hydrogen) atoms. The number of hydrogen-bond acceptors (Lipinski definition) is 3. The van der Waals surface area contributed by atoms with Crippen LogP contribution in [0.15, 0.2) is 48.5 Å². The van der Waals surface area contributed by atoms with E-state index < -0.39 is 0 Å². The van der Waals surface area contributed by atoms with Crippen molar-refractivity contribution in [3.8, 4) is 11.5 Å². The van der Waals surface area contributed by atoms with Crippen LogP contribution in [0.3, 0.4) is 0 Å². The number of anilines is 1. The molecule has 1 saturated carbocycles. The number of carbonyl (C=O) groups excluding carboxylic acids is 1. The summed E-state index contributed by atoms with van der Waals surface area (Å²) in [7, 11) is 3.26. The number of rotatable bonds is 6. The molecule has 0 aliphatic heterocycles. The average molecular weight is 326 g/mol. The normalized spacial score (nSPS) is 14.6. The molecule has 0 saturated heterocycles. The van der Waals surface area contributed by atoms with Crippen LogP contribution >= 0.6 is 0 Å². The monoisotopic (exact) mass is 326 g/mol. The number of ether oxygens (including phenoxy) is 2. The molecule has 0 spiro atoms. The van der Waals surface area contributed by atoms with Gasteiger partial charge in [-0.3, -0.25) is 0 Å². The second-order valence-corrected chi connectivity index (χ2v) is 5.92. The molecule has 1 aliphatic carbocycles. The second kappa shape index (κ2) is 7.25. The molecule has 0 heterocycles. The fraction of sp³-hybridized carbons (Fsp3) is 0.316. The first kappa shape index (κ1) is 16.2. The highest BCUT2D eigenvalue weighted by atomic mass is 16.5. The number of amides is 2. The Labute approximate surface area is 142 Å². The van der Waals surface area contributed by atoms with Crippen molar-refractivity contribution in [3.63, 3.8) is 0 Å². The Bertz CT molecular complexity index is 679. The van der Waals surface area contributed by atoms with E-state index in [1.54, 1.807) is 14.2 Å². The maximum Gasteiger partial charge on any atom is 0.319 e. The third-order valence-electron chi connectivity index (χ3n) is 4.20. The van der Waals surface area contributed by atoms with E-state index in [-0.39, 0.29) is 12.1 Å². The summed E-state index contributed by atoms with van der Waals surface area (Å²) in [4.78, 5) is 12.3. The molecule has 5 nitrogen and oxygen atoms in total. The van der Waals surface area contributed by atoms with Gasteiger partial charge in [0.15, 0.2) is 0 Å². The molecule has 3 rings (SSSR count). The van der Waals surface area contributed by atoms with Crippen molar-refractivity contribution in [1.29, 1.82) is 0 Å². The van der Waals surface area contributed by atoms with Gasteiger partial charge in [-0.2, -0.15) is 0 Å². The zero-order valence-corrected chi connectivity index (χ0v) is 13.9. The SMILES string of the molecule is COc1ccc(NC(=O)NC(c2ccc(OC)cc2)C2CC2)cc1. The smallest absolute Gasteiger partial charge is 0.319 e. The van der Waals surface area contributed by atoms with Gasteiger partial charge in [-0.25, -0.2) is 4.79 Å². The van der Waals surface area contributed by atoms with Crippen LogP contribution in [0.1, 0.15) is 24.4 Å². The van der Waals surface area contributed by atoms with E-state index in [0.717, 1.165) is 35.6 Å². The van der Waals surface area contributed by atoms with Crippen molar-refractivity contribution in [2.75, 3.05) is 19.5 Å². The van der Waals surface area contributed by atoms with Crippen LogP contribution in [0.5, 0.6) is 11.5 Å². The van der Waals surface area contributed by atoms with E-state index in [4.69, 9.17) is 9.47 Å². The summed E-state index contributed by atoms with van der Waals surface area (Å²) in [5, 5.41) is 5.96. The topological polar surface area (TPSA) is 59.6 Å². The van der Waals surface area contributed by atoms with E-state index in [0.29, 0.717) is 5.92 Å². The Morgan fingerprint density at radius 3 is 2.00 bits per heavy atom. The lowest BCUT2D eigenvalue weighted by Crippen LogP contribution is -2.33. The predicted octanol–water partition coefficient (Wildman–Crippen LogP) is 3.98. The summed E-state index contributed by atoms with van der Waals surface area (Å²) in [6, 6.07) is 15.0. The number of nitrogens with one attached hydrogen (secondary N) is 2. The van der Waals surface area contributed by atoms with Gasteiger partial charge in [0.1, 0.15) is 11.5 Å². The molecule has 2 N–H and O–H groups in total. The fourth-order valence-electron chi connectivity index (χ4n) is 2.70. The first-order valence-electron chi connectivity index (χ1n) is 8.05. The van der Waals surface area contributed by atoms with Gasteiger partial charge in [0.05, 0.1) is 20.3 Å². The number of hydrogen-bond donors (Lipinski definition) is 2. The highest BCUT2D eigenvalue weighted by Gasteiger charge is 2.33. The quantitative estimate of drug-likeness (QED) is 0.844. The molecule has 2 aromatic rings. The van der Waals surface area contributed by atoms with Crippen molar-refractivity contribution >= 4 is 11.7 Å². The van der Waals surface area contributed by atoms with E-state index in [1.807, 2.05) is 48.5 Å². The molecule has 5 heteroatoms. The number of methoxy groups -OCH3 is 2. The van der Waals surface area contributed by atoms with Crippen LogP contribution < -0.4 is 20.1 Å². The molecule has 1 fully saturated rings. The van der Waals surface area contributed by atoms with Crippen LogP contribution in [0, 0.1) is 5.92 Å². The van der Waals surface area contributed by atoms with Crippen molar-refractivity contribution in [2.24, 2.45) is 5.92 Å². The van der Waals surface area contributed by atoms with Crippen molar-refractivity contribution in [2.45, 2.75) is 18.9 Å². The molecule has 2 aromatic carbocycles. The van der Waals surface area contributed by atoms with E-state index in [1.165, 1.54) is 0 Å². The minimum atomic E-state index is -0.201. The molecule has 1 atom stereocenters. The third-order valence-corrected chi connectivity index (χ3v) is 4.20. The molecule has 2 amide bonds. The number of urea groups is 1. The lowest BCUT2D eigenvalue weighted by Gasteiger charge is -2.19. The molecular weight excluding hydrogens is 304 g/mol. The highest BCUT2D eigenvalue weighted by molar-refractivity contribution is 5.89. The van der Waals surface area contributed by atoms with Gasteiger partial charge < -0.3 is 20.1 Å². The minimum absolute atomic E-state index is 0.0224. The largest absolute Gasteiger partial charge is 0.497 e. The summed E-state index contributed by atoms with van der Waals surface area (Å²) < 4.78 is 10.3. The standard InChI is InChI=1S/C19H22N2O3/c1-23-16-9-5-14(6-10-16)18(13-3-4-13)21-19(22)20-15-7-11-17(24-2)12-8-15/h5-13,18H,3-4H2,1-2H3,(H2,20,21,22). The summed E-state index contributed by atoms with van der Waals surface area (Å²) in [6.07, 6.45) is 2.28. The van der Waals surface area contributed by atoms with E-state index >= 15 is 0 Å². The lowest BCUT2D eigenvalue weighted by atomic mass is 10.0.